The Kier molecular flexibility index (Phi) is 2.65. The summed E-state index contributed by atoms with van der Waals surface area (Å²) in [5.74, 6) is 0. The maximum Gasteiger partial charge on any atom is 0.0896 e. The Hall–Kier alpha value is -2.79. The lowest BCUT2D eigenvalue weighted by molar-refractivity contribution is 0.888. The van der Waals surface area contributed by atoms with Crippen molar-refractivity contribution in [3.8, 4) is 0 Å². The molecule has 0 spiro atoms. The van der Waals surface area contributed by atoms with Gasteiger partial charge in [0.15, 0.2) is 0 Å². The fourth-order valence-electron chi connectivity index (χ4n) is 2.67. The lowest BCUT2D eigenvalue weighted by Gasteiger charge is -2.13. The number of fused-ring (bicyclic) bond motifs is 2. The van der Waals surface area contributed by atoms with Crippen molar-refractivity contribution < 1.29 is 0 Å². The van der Waals surface area contributed by atoms with E-state index in [4.69, 9.17) is 5.73 Å². The molecule has 0 saturated carbocycles. The van der Waals surface area contributed by atoms with E-state index in [9.17, 15) is 0 Å². The van der Waals surface area contributed by atoms with Crippen molar-refractivity contribution >= 4 is 16.3 Å². The summed E-state index contributed by atoms with van der Waals surface area (Å²) in [4.78, 5) is 8.37. The first kappa shape index (κ1) is 12.0. The molecular formula is C16H13N5. The van der Waals surface area contributed by atoms with Gasteiger partial charge in [-0.05, 0) is 17.0 Å². The lowest BCUT2D eigenvalue weighted by Crippen LogP contribution is -2.12. The minimum absolute atomic E-state index is 0.264. The van der Waals surface area contributed by atoms with Gasteiger partial charge in [0.05, 0.1) is 24.0 Å². The first-order valence-corrected chi connectivity index (χ1v) is 6.70. The monoisotopic (exact) mass is 275 g/mol. The van der Waals surface area contributed by atoms with Crippen LogP contribution in [0.3, 0.4) is 0 Å². The van der Waals surface area contributed by atoms with Gasteiger partial charge in [-0.2, -0.15) is 5.10 Å². The number of pyridine rings is 1. The predicted octanol–water partition coefficient (Wildman–Crippen LogP) is 2.33. The summed E-state index contributed by atoms with van der Waals surface area (Å²) in [6.45, 7) is 0. The normalized spacial score (nSPS) is 12.8. The smallest absolute Gasteiger partial charge is 0.0896 e. The molecule has 0 amide bonds. The van der Waals surface area contributed by atoms with Crippen molar-refractivity contribution in [3.63, 3.8) is 0 Å². The summed E-state index contributed by atoms with van der Waals surface area (Å²) in [7, 11) is 0. The van der Waals surface area contributed by atoms with E-state index in [1.165, 1.54) is 0 Å². The van der Waals surface area contributed by atoms with Crippen molar-refractivity contribution in [2.75, 3.05) is 0 Å². The van der Waals surface area contributed by atoms with E-state index in [0.29, 0.717) is 0 Å². The number of nitrogens with zero attached hydrogens (tertiary/aromatic N) is 4. The summed E-state index contributed by atoms with van der Waals surface area (Å²) in [5.41, 5.74) is 9.41. The second-order valence-corrected chi connectivity index (χ2v) is 4.93. The van der Waals surface area contributed by atoms with Crippen LogP contribution in [0.15, 0.2) is 61.4 Å². The summed E-state index contributed by atoms with van der Waals surface area (Å²) in [6.07, 6.45) is 10.8. The van der Waals surface area contributed by atoms with Crippen LogP contribution in [0.4, 0.5) is 0 Å². The number of rotatable bonds is 2. The highest BCUT2D eigenvalue weighted by molar-refractivity contribution is 5.85. The molecule has 5 heteroatoms. The van der Waals surface area contributed by atoms with Crippen LogP contribution in [0, 0.1) is 0 Å². The molecule has 1 aromatic carbocycles. The number of hydrogen-bond acceptors (Lipinski definition) is 4. The molecule has 0 aliphatic carbocycles. The highest BCUT2D eigenvalue weighted by atomic mass is 15.2. The standard InChI is InChI=1S/C16H13N5/c17-16(14-9-20-21-7-6-19-10-15(14)21)12-3-1-2-11-4-5-18-8-13(11)12/h1-10,16H,17H2. The van der Waals surface area contributed by atoms with Crippen molar-refractivity contribution in [1.82, 2.24) is 19.6 Å². The van der Waals surface area contributed by atoms with Gasteiger partial charge in [0.25, 0.3) is 0 Å². The van der Waals surface area contributed by atoms with E-state index >= 15 is 0 Å². The quantitative estimate of drug-likeness (QED) is 0.609. The van der Waals surface area contributed by atoms with Gasteiger partial charge in [-0.3, -0.25) is 9.97 Å². The molecule has 3 heterocycles. The molecule has 0 aliphatic rings. The highest BCUT2D eigenvalue weighted by Crippen LogP contribution is 2.28. The average Bonchev–Trinajstić information content (AvgIpc) is 2.98. The third-order valence-electron chi connectivity index (χ3n) is 3.74. The van der Waals surface area contributed by atoms with Crippen LogP contribution in [0.1, 0.15) is 17.2 Å². The van der Waals surface area contributed by atoms with Crippen LogP contribution in [0.5, 0.6) is 0 Å². The SMILES string of the molecule is NC(c1cccc2ccncc12)c1cnn2ccncc12. The fraction of sp³-hybridized carbons (Fsp3) is 0.0625. The average molecular weight is 275 g/mol. The Morgan fingerprint density at radius 2 is 1.86 bits per heavy atom. The van der Waals surface area contributed by atoms with E-state index in [1.807, 2.05) is 30.6 Å². The van der Waals surface area contributed by atoms with Crippen molar-refractivity contribution in [2.24, 2.45) is 5.73 Å². The summed E-state index contributed by atoms with van der Waals surface area (Å²) in [5, 5.41) is 6.52. The number of hydrogen-bond donors (Lipinski definition) is 1. The molecule has 1 unspecified atom stereocenters. The zero-order valence-corrected chi connectivity index (χ0v) is 11.2. The molecule has 0 fully saturated rings. The van der Waals surface area contributed by atoms with E-state index in [1.54, 1.807) is 29.3 Å². The van der Waals surface area contributed by atoms with Crippen LogP contribution in [-0.2, 0) is 0 Å². The molecule has 4 rings (SSSR count). The molecule has 21 heavy (non-hydrogen) atoms. The molecule has 2 N–H and O–H groups in total. The van der Waals surface area contributed by atoms with E-state index in [0.717, 1.165) is 27.4 Å². The van der Waals surface area contributed by atoms with Gasteiger partial charge in [0.2, 0.25) is 0 Å². The topological polar surface area (TPSA) is 69.1 Å². The van der Waals surface area contributed by atoms with Crippen LogP contribution in [0.25, 0.3) is 16.3 Å². The summed E-state index contributed by atoms with van der Waals surface area (Å²) < 4.78 is 1.78. The van der Waals surface area contributed by atoms with E-state index < -0.39 is 0 Å². The van der Waals surface area contributed by atoms with Gasteiger partial charge in [-0.15, -0.1) is 0 Å². The first-order chi connectivity index (χ1) is 10.3. The largest absolute Gasteiger partial charge is 0.320 e. The van der Waals surface area contributed by atoms with Crippen LogP contribution in [-0.4, -0.2) is 19.6 Å². The number of nitrogens with two attached hydrogens (primary N) is 1. The lowest BCUT2D eigenvalue weighted by atomic mass is 9.96. The van der Waals surface area contributed by atoms with Gasteiger partial charge in [0.1, 0.15) is 0 Å². The molecule has 3 aromatic heterocycles. The highest BCUT2D eigenvalue weighted by Gasteiger charge is 2.16. The zero-order valence-electron chi connectivity index (χ0n) is 11.2. The van der Waals surface area contributed by atoms with Gasteiger partial charge in [0, 0.05) is 35.7 Å². The second-order valence-electron chi connectivity index (χ2n) is 4.93. The molecule has 0 saturated heterocycles. The van der Waals surface area contributed by atoms with Gasteiger partial charge in [-0.1, -0.05) is 18.2 Å². The van der Waals surface area contributed by atoms with Gasteiger partial charge >= 0.3 is 0 Å². The fourth-order valence-corrected chi connectivity index (χ4v) is 2.67. The zero-order chi connectivity index (χ0) is 14.2. The van der Waals surface area contributed by atoms with Crippen molar-refractivity contribution in [2.45, 2.75) is 6.04 Å². The molecule has 102 valence electrons. The van der Waals surface area contributed by atoms with E-state index in [2.05, 4.69) is 21.1 Å². The van der Waals surface area contributed by atoms with Gasteiger partial charge < -0.3 is 5.73 Å². The maximum atomic E-state index is 6.48. The summed E-state index contributed by atoms with van der Waals surface area (Å²) in [6, 6.07) is 7.84. The Balaban J connectivity index is 1.92. The third-order valence-corrected chi connectivity index (χ3v) is 3.74. The minimum Gasteiger partial charge on any atom is -0.320 e. The summed E-state index contributed by atoms with van der Waals surface area (Å²) >= 11 is 0. The Morgan fingerprint density at radius 3 is 2.81 bits per heavy atom. The first-order valence-electron chi connectivity index (χ1n) is 6.70. The third kappa shape index (κ3) is 1.86. The molecule has 5 nitrogen and oxygen atoms in total. The van der Waals surface area contributed by atoms with Gasteiger partial charge in [-0.25, -0.2) is 4.52 Å². The van der Waals surface area contributed by atoms with Crippen LogP contribution in [0.2, 0.25) is 0 Å². The Labute approximate surface area is 121 Å². The van der Waals surface area contributed by atoms with Crippen molar-refractivity contribution in [1.29, 1.82) is 0 Å². The van der Waals surface area contributed by atoms with Crippen molar-refractivity contribution in [3.05, 3.63) is 72.6 Å². The number of benzene rings is 1. The molecule has 0 bridgehead atoms. The second kappa shape index (κ2) is 4.64. The molecule has 0 radical (unpaired) electrons. The molecule has 0 aliphatic heterocycles. The van der Waals surface area contributed by atoms with Crippen LogP contribution >= 0.6 is 0 Å². The van der Waals surface area contributed by atoms with Crippen LogP contribution < -0.4 is 5.73 Å². The predicted molar refractivity (Wildman–Crippen MR) is 80.8 cm³/mol. The number of aromatic nitrogens is 4. The maximum absolute atomic E-state index is 6.48. The van der Waals surface area contributed by atoms with E-state index in [-0.39, 0.29) is 6.04 Å². The Bertz CT molecular complexity index is 923. The molecular weight excluding hydrogens is 262 g/mol. The molecule has 4 aromatic rings. The molecule has 1 atom stereocenters. The minimum atomic E-state index is -0.264. The Morgan fingerprint density at radius 1 is 0.952 bits per heavy atom.